The van der Waals surface area contributed by atoms with Crippen molar-refractivity contribution in [3.05, 3.63) is 94.0 Å². The second kappa shape index (κ2) is 7.75. The first-order valence-corrected chi connectivity index (χ1v) is 10.3. The number of benzene rings is 3. The molecule has 29 heavy (non-hydrogen) atoms. The lowest BCUT2D eigenvalue weighted by Crippen LogP contribution is -2.15. The van der Waals surface area contributed by atoms with Crippen LogP contribution in [0.5, 0.6) is 0 Å². The van der Waals surface area contributed by atoms with Crippen molar-refractivity contribution in [2.24, 2.45) is 0 Å². The van der Waals surface area contributed by atoms with Crippen LogP contribution in [0, 0.1) is 32.4 Å². The van der Waals surface area contributed by atoms with Crippen LogP contribution < -0.4 is 4.72 Å². The molecule has 1 N–H and O–H groups in total. The number of anilines is 1. The van der Waals surface area contributed by atoms with Gasteiger partial charge in [-0.15, -0.1) is 0 Å². The Morgan fingerprint density at radius 2 is 1.48 bits per heavy atom. The van der Waals surface area contributed by atoms with Crippen LogP contribution in [0.25, 0.3) is 0 Å². The predicted molar refractivity (Wildman–Crippen MR) is 108 cm³/mol. The maximum Gasteiger partial charge on any atom is 0.262 e. The molecule has 0 aliphatic carbocycles. The van der Waals surface area contributed by atoms with E-state index >= 15 is 0 Å². The van der Waals surface area contributed by atoms with Crippen LogP contribution in [0.15, 0.2) is 59.5 Å². The van der Waals surface area contributed by atoms with E-state index in [1.165, 1.54) is 24.3 Å². The van der Waals surface area contributed by atoms with E-state index < -0.39 is 27.4 Å². The topological polar surface area (TPSA) is 63.2 Å². The summed E-state index contributed by atoms with van der Waals surface area (Å²) in [6, 6.07) is 12.0. The highest BCUT2D eigenvalue weighted by Gasteiger charge is 2.19. The Balaban J connectivity index is 1.90. The van der Waals surface area contributed by atoms with Crippen LogP contribution in [0.2, 0.25) is 0 Å². The van der Waals surface area contributed by atoms with E-state index in [1.54, 1.807) is 26.0 Å². The molecular formula is C22H19F2NO3S. The Hall–Kier alpha value is -3.06. The number of ketones is 1. The molecule has 0 aliphatic heterocycles. The largest absolute Gasteiger partial charge is 0.289 e. The van der Waals surface area contributed by atoms with Crippen molar-refractivity contribution in [2.45, 2.75) is 25.7 Å². The molecule has 0 saturated heterocycles. The number of nitrogens with one attached hydrogen (secondary N) is 1. The summed E-state index contributed by atoms with van der Waals surface area (Å²) in [6.45, 7) is 5.21. The van der Waals surface area contributed by atoms with Gasteiger partial charge >= 0.3 is 0 Å². The number of hydrogen-bond donors (Lipinski definition) is 1. The molecule has 0 aliphatic rings. The van der Waals surface area contributed by atoms with Gasteiger partial charge in [-0.3, -0.25) is 9.52 Å². The molecule has 150 valence electrons. The maximum absolute atomic E-state index is 13.4. The summed E-state index contributed by atoms with van der Waals surface area (Å²) in [4.78, 5) is 12.8. The van der Waals surface area contributed by atoms with Crippen LogP contribution in [0.3, 0.4) is 0 Å². The molecule has 0 amide bonds. The summed E-state index contributed by atoms with van der Waals surface area (Å²) in [6.07, 6.45) is 0. The normalized spacial score (nSPS) is 11.3. The zero-order valence-electron chi connectivity index (χ0n) is 16.1. The first kappa shape index (κ1) is 20.7. The van der Waals surface area contributed by atoms with Crippen LogP contribution >= 0.6 is 0 Å². The van der Waals surface area contributed by atoms with E-state index in [4.69, 9.17) is 0 Å². The molecular weight excluding hydrogens is 396 g/mol. The molecule has 0 atom stereocenters. The smallest absolute Gasteiger partial charge is 0.262 e. The van der Waals surface area contributed by atoms with Gasteiger partial charge < -0.3 is 0 Å². The maximum atomic E-state index is 13.4. The van der Waals surface area contributed by atoms with Crippen LogP contribution in [-0.2, 0) is 10.0 Å². The lowest BCUT2D eigenvalue weighted by atomic mass is 9.98. The van der Waals surface area contributed by atoms with Gasteiger partial charge in [-0.25, -0.2) is 17.2 Å². The number of hydrogen-bond acceptors (Lipinski definition) is 3. The summed E-state index contributed by atoms with van der Waals surface area (Å²) in [5.41, 5.74) is 2.44. The van der Waals surface area contributed by atoms with Gasteiger partial charge in [0.05, 0.1) is 4.90 Å². The Morgan fingerprint density at radius 3 is 2.07 bits per heavy atom. The second-order valence-electron chi connectivity index (χ2n) is 6.89. The lowest BCUT2D eigenvalue weighted by Gasteiger charge is -2.13. The van der Waals surface area contributed by atoms with E-state index in [2.05, 4.69) is 4.72 Å². The minimum Gasteiger partial charge on any atom is -0.289 e. The molecule has 0 aromatic heterocycles. The fraction of sp³-hybridized carbons (Fsp3) is 0.136. The molecule has 0 unspecified atom stereocenters. The van der Waals surface area contributed by atoms with E-state index in [0.717, 1.165) is 17.7 Å². The average Bonchev–Trinajstić information content (AvgIpc) is 2.59. The van der Waals surface area contributed by atoms with Crippen molar-refractivity contribution in [1.82, 2.24) is 0 Å². The monoisotopic (exact) mass is 415 g/mol. The average molecular weight is 415 g/mol. The molecule has 4 nitrogen and oxygen atoms in total. The van der Waals surface area contributed by atoms with Gasteiger partial charge in [-0.2, -0.15) is 0 Å². The van der Waals surface area contributed by atoms with E-state index in [0.29, 0.717) is 17.2 Å². The van der Waals surface area contributed by atoms with Crippen LogP contribution in [-0.4, -0.2) is 14.2 Å². The first-order valence-electron chi connectivity index (χ1n) is 8.78. The zero-order chi connectivity index (χ0) is 21.3. The summed E-state index contributed by atoms with van der Waals surface area (Å²) < 4.78 is 54.7. The molecule has 0 radical (unpaired) electrons. The summed E-state index contributed by atoms with van der Waals surface area (Å²) in [5, 5.41) is 0. The molecule has 3 aromatic rings. The number of sulfonamides is 1. The Labute approximate surface area is 168 Å². The van der Waals surface area contributed by atoms with Crippen LogP contribution in [0.4, 0.5) is 14.5 Å². The van der Waals surface area contributed by atoms with Gasteiger partial charge in [-0.1, -0.05) is 17.7 Å². The van der Waals surface area contributed by atoms with Crippen molar-refractivity contribution < 1.29 is 22.0 Å². The number of aryl methyl sites for hydroxylation is 3. The highest BCUT2D eigenvalue weighted by atomic mass is 32.2. The second-order valence-corrected chi connectivity index (χ2v) is 8.54. The predicted octanol–water partition coefficient (Wildman–Crippen LogP) is 4.92. The minimum atomic E-state index is -3.81. The van der Waals surface area contributed by atoms with Gasteiger partial charge in [0.25, 0.3) is 10.0 Å². The molecule has 7 heteroatoms. The fourth-order valence-electron chi connectivity index (χ4n) is 3.13. The molecule has 3 aromatic carbocycles. The van der Waals surface area contributed by atoms with Gasteiger partial charge in [0.1, 0.15) is 11.6 Å². The molecule has 0 saturated carbocycles. The highest BCUT2D eigenvalue weighted by Crippen LogP contribution is 2.24. The first-order chi connectivity index (χ1) is 13.6. The number of rotatable bonds is 5. The third-order valence-electron chi connectivity index (χ3n) is 4.47. The third kappa shape index (κ3) is 4.51. The number of halogens is 2. The van der Waals surface area contributed by atoms with Gasteiger partial charge in [0.2, 0.25) is 0 Å². The molecule has 0 heterocycles. The van der Waals surface area contributed by atoms with Crippen molar-refractivity contribution in [1.29, 1.82) is 0 Å². The lowest BCUT2D eigenvalue weighted by molar-refractivity contribution is 0.103. The Kier molecular flexibility index (Phi) is 5.53. The number of carbonyl (C=O) groups is 1. The summed E-state index contributed by atoms with van der Waals surface area (Å²) in [7, 11) is -3.81. The van der Waals surface area contributed by atoms with Gasteiger partial charge in [-0.05, 0) is 68.3 Å². The zero-order valence-corrected chi connectivity index (χ0v) is 16.9. The summed E-state index contributed by atoms with van der Waals surface area (Å²) >= 11 is 0. The van der Waals surface area contributed by atoms with Crippen molar-refractivity contribution in [2.75, 3.05) is 4.72 Å². The van der Waals surface area contributed by atoms with Crippen molar-refractivity contribution >= 4 is 21.5 Å². The number of carbonyl (C=O) groups excluding carboxylic acids is 1. The standard InChI is InChI=1S/C22H19F2NO3S/c1-13-4-7-21(15(3)8-13)29(27,28)25-19-5-6-20(14(2)9-19)22(26)16-10-17(23)12-18(24)11-16/h4-12,25H,1-3H3. The quantitative estimate of drug-likeness (QED) is 0.602. The SMILES string of the molecule is Cc1ccc(S(=O)(=O)Nc2ccc(C(=O)c3cc(F)cc(F)c3)c(C)c2)c(C)c1. The minimum absolute atomic E-state index is 0.116. The Morgan fingerprint density at radius 1 is 0.828 bits per heavy atom. The molecule has 0 spiro atoms. The molecule has 3 rings (SSSR count). The molecule has 0 bridgehead atoms. The molecule has 0 fully saturated rings. The van der Waals surface area contributed by atoms with E-state index in [1.807, 2.05) is 6.92 Å². The third-order valence-corrected chi connectivity index (χ3v) is 6.01. The van der Waals surface area contributed by atoms with E-state index in [9.17, 15) is 22.0 Å². The van der Waals surface area contributed by atoms with Crippen LogP contribution in [0.1, 0.15) is 32.6 Å². The van der Waals surface area contributed by atoms with Crippen molar-refractivity contribution in [3.8, 4) is 0 Å². The fourth-order valence-corrected chi connectivity index (χ4v) is 4.41. The van der Waals surface area contributed by atoms with Gasteiger partial charge in [0, 0.05) is 22.9 Å². The summed E-state index contributed by atoms with van der Waals surface area (Å²) in [5.74, 6) is -2.24. The van der Waals surface area contributed by atoms with E-state index in [-0.39, 0.29) is 21.7 Å². The van der Waals surface area contributed by atoms with Gasteiger partial charge in [0.15, 0.2) is 5.78 Å². The Bertz CT molecular complexity index is 1200. The van der Waals surface area contributed by atoms with Crippen molar-refractivity contribution in [3.63, 3.8) is 0 Å². The highest BCUT2D eigenvalue weighted by molar-refractivity contribution is 7.92.